The summed E-state index contributed by atoms with van der Waals surface area (Å²) in [6.07, 6.45) is 6.55. The molecule has 1 saturated carbocycles. The summed E-state index contributed by atoms with van der Waals surface area (Å²) < 4.78 is 0. The maximum absolute atomic E-state index is 11.5. The number of hydrogen-bond acceptors (Lipinski definition) is 5. The summed E-state index contributed by atoms with van der Waals surface area (Å²) >= 11 is 0. The van der Waals surface area contributed by atoms with Crippen molar-refractivity contribution in [3.05, 3.63) is 5.82 Å². The van der Waals surface area contributed by atoms with Crippen molar-refractivity contribution in [2.24, 2.45) is 13.0 Å². The van der Waals surface area contributed by atoms with Crippen LogP contribution in [0, 0.1) is 5.92 Å². The SMILES string of the molecule is Cn1nnc(CN2C(C(=O)O)CCC3CCCCC32)n1. The van der Waals surface area contributed by atoms with E-state index < -0.39 is 12.0 Å². The molecule has 1 aromatic heterocycles. The van der Waals surface area contributed by atoms with Crippen LogP contribution in [0.3, 0.4) is 0 Å². The second-order valence-corrected chi connectivity index (χ2v) is 5.91. The van der Waals surface area contributed by atoms with Crippen LogP contribution >= 0.6 is 0 Å². The number of carbonyl (C=O) groups is 1. The van der Waals surface area contributed by atoms with Crippen LogP contribution in [0.5, 0.6) is 0 Å². The molecule has 3 unspecified atom stereocenters. The maximum Gasteiger partial charge on any atom is 0.320 e. The Kier molecular flexibility index (Phi) is 3.69. The van der Waals surface area contributed by atoms with Gasteiger partial charge in [-0.05, 0) is 36.8 Å². The van der Waals surface area contributed by atoms with E-state index in [1.165, 1.54) is 24.1 Å². The molecule has 0 radical (unpaired) electrons. The summed E-state index contributed by atoms with van der Waals surface area (Å²) in [6, 6.07) is -0.0411. The van der Waals surface area contributed by atoms with E-state index in [-0.39, 0.29) is 0 Å². The fourth-order valence-electron chi connectivity index (χ4n) is 3.77. The van der Waals surface area contributed by atoms with Crippen molar-refractivity contribution in [1.29, 1.82) is 0 Å². The van der Waals surface area contributed by atoms with Gasteiger partial charge in [-0.25, -0.2) is 0 Å². The van der Waals surface area contributed by atoms with Crippen molar-refractivity contribution < 1.29 is 9.90 Å². The lowest BCUT2D eigenvalue weighted by molar-refractivity contribution is -0.148. The molecule has 0 amide bonds. The van der Waals surface area contributed by atoms with Gasteiger partial charge < -0.3 is 5.11 Å². The molecule has 0 spiro atoms. The normalized spacial score (nSPS) is 30.9. The number of carboxylic acid groups (broad SMARTS) is 1. The van der Waals surface area contributed by atoms with E-state index in [4.69, 9.17) is 0 Å². The second kappa shape index (κ2) is 5.47. The Labute approximate surface area is 117 Å². The molecule has 1 aromatic rings. The Balaban J connectivity index is 1.81. The zero-order valence-corrected chi connectivity index (χ0v) is 11.8. The van der Waals surface area contributed by atoms with Crippen LogP contribution in [0.1, 0.15) is 44.3 Å². The monoisotopic (exact) mass is 279 g/mol. The van der Waals surface area contributed by atoms with Gasteiger partial charge >= 0.3 is 5.97 Å². The molecule has 1 saturated heterocycles. The van der Waals surface area contributed by atoms with E-state index in [0.717, 1.165) is 19.3 Å². The largest absolute Gasteiger partial charge is 0.480 e. The van der Waals surface area contributed by atoms with E-state index in [0.29, 0.717) is 24.3 Å². The molecule has 3 atom stereocenters. The minimum absolute atomic E-state index is 0.363. The Morgan fingerprint density at radius 1 is 1.30 bits per heavy atom. The van der Waals surface area contributed by atoms with Gasteiger partial charge in [0, 0.05) is 6.04 Å². The molecule has 2 fully saturated rings. The van der Waals surface area contributed by atoms with E-state index in [1.807, 2.05) is 0 Å². The van der Waals surface area contributed by atoms with Crippen molar-refractivity contribution in [3.8, 4) is 0 Å². The third-order valence-electron chi connectivity index (χ3n) is 4.66. The summed E-state index contributed by atoms with van der Waals surface area (Å²) in [7, 11) is 1.73. The summed E-state index contributed by atoms with van der Waals surface area (Å²) in [5, 5.41) is 21.5. The molecular weight excluding hydrogens is 258 g/mol. The molecule has 3 rings (SSSR count). The summed E-state index contributed by atoms with van der Waals surface area (Å²) in [6.45, 7) is 0.492. The molecule has 20 heavy (non-hydrogen) atoms. The highest BCUT2D eigenvalue weighted by Crippen LogP contribution is 2.38. The highest BCUT2D eigenvalue weighted by atomic mass is 16.4. The van der Waals surface area contributed by atoms with Gasteiger partial charge in [0.1, 0.15) is 6.04 Å². The minimum atomic E-state index is -0.724. The highest BCUT2D eigenvalue weighted by Gasteiger charge is 2.41. The number of piperidine rings is 1. The number of aryl methyl sites for hydroxylation is 1. The molecule has 7 heteroatoms. The van der Waals surface area contributed by atoms with Gasteiger partial charge in [-0.3, -0.25) is 9.69 Å². The first-order valence-electron chi connectivity index (χ1n) is 7.36. The first-order valence-corrected chi connectivity index (χ1v) is 7.36. The first kappa shape index (κ1) is 13.5. The lowest BCUT2D eigenvalue weighted by atomic mass is 9.76. The van der Waals surface area contributed by atoms with Crippen molar-refractivity contribution in [1.82, 2.24) is 25.1 Å². The van der Waals surface area contributed by atoms with E-state index >= 15 is 0 Å². The van der Waals surface area contributed by atoms with Gasteiger partial charge in [-0.1, -0.05) is 12.8 Å². The predicted octanol–water partition coefficient (Wildman–Crippen LogP) is 0.818. The van der Waals surface area contributed by atoms with Crippen LogP contribution < -0.4 is 0 Å². The molecular formula is C13H21N5O2. The second-order valence-electron chi connectivity index (χ2n) is 5.91. The zero-order chi connectivity index (χ0) is 14.1. The molecule has 1 aliphatic heterocycles. The standard InChI is InChI=1S/C13H21N5O2/c1-17-15-12(14-16-17)8-18-10-5-3-2-4-9(10)6-7-11(18)13(19)20/h9-11H,2-8H2,1H3,(H,19,20). The van der Waals surface area contributed by atoms with Crippen LogP contribution in [0.15, 0.2) is 0 Å². The lowest BCUT2D eigenvalue weighted by Crippen LogP contribution is -2.54. The number of nitrogens with zero attached hydrogens (tertiary/aromatic N) is 5. The van der Waals surface area contributed by atoms with Crippen LogP contribution in [0.4, 0.5) is 0 Å². The molecule has 7 nitrogen and oxygen atoms in total. The van der Waals surface area contributed by atoms with Crippen molar-refractivity contribution >= 4 is 5.97 Å². The smallest absolute Gasteiger partial charge is 0.320 e. The van der Waals surface area contributed by atoms with Gasteiger partial charge in [-0.2, -0.15) is 4.80 Å². The van der Waals surface area contributed by atoms with E-state index in [2.05, 4.69) is 20.3 Å². The Bertz CT molecular complexity index is 489. The summed E-state index contributed by atoms with van der Waals surface area (Å²) in [5.41, 5.74) is 0. The quantitative estimate of drug-likeness (QED) is 0.881. The number of aromatic nitrogens is 4. The van der Waals surface area contributed by atoms with Crippen LogP contribution in [0.25, 0.3) is 0 Å². The number of tetrazole rings is 1. The third kappa shape index (κ3) is 2.54. The summed E-state index contributed by atoms with van der Waals surface area (Å²) in [4.78, 5) is 15.1. The average molecular weight is 279 g/mol. The van der Waals surface area contributed by atoms with E-state index in [9.17, 15) is 9.90 Å². The molecule has 110 valence electrons. The Morgan fingerprint density at radius 3 is 2.80 bits per heavy atom. The van der Waals surface area contributed by atoms with Crippen LogP contribution in [-0.2, 0) is 18.4 Å². The number of rotatable bonds is 3. The van der Waals surface area contributed by atoms with E-state index in [1.54, 1.807) is 7.05 Å². The fraction of sp³-hybridized carbons (Fsp3) is 0.846. The predicted molar refractivity (Wildman–Crippen MR) is 70.7 cm³/mol. The molecule has 2 heterocycles. The van der Waals surface area contributed by atoms with Gasteiger partial charge in [0.25, 0.3) is 0 Å². The number of likely N-dealkylation sites (tertiary alicyclic amines) is 1. The summed E-state index contributed by atoms with van der Waals surface area (Å²) in [5.74, 6) is 0.527. The zero-order valence-electron chi connectivity index (χ0n) is 11.8. The number of carboxylic acids is 1. The van der Waals surface area contributed by atoms with Crippen molar-refractivity contribution in [2.45, 2.75) is 57.2 Å². The Hall–Kier alpha value is -1.50. The number of fused-ring (bicyclic) bond motifs is 1. The highest BCUT2D eigenvalue weighted by molar-refractivity contribution is 5.73. The molecule has 1 N–H and O–H groups in total. The lowest BCUT2D eigenvalue weighted by Gasteiger charge is -2.46. The average Bonchev–Trinajstić information content (AvgIpc) is 2.84. The number of aliphatic carboxylic acids is 1. The van der Waals surface area contributed by atoms with Gasteiger partial charge in [0.05, 0.1) is 13.6 Å². The topological polar surface area (TPSA) is 84.1 Å². The first-order chi connectivity index (χ1) is 9.65. The fourth-order valence-corrected chi connectivity index (χ4v) is 3.77. The van der Waals surface area contributed by atoms with Gasteiger partial charge in [0.15, 0.2) is 5.82 Å². The molecule has 0 bridgehead atoms. The molecule has 0 aromatic carbocycles. The van der Waals surface area contributed by atoms with Crippen LogP contribution in [0.2, 0.25) is 0 Å². The minimum Gasteiger partial charge on any atom is -0.480 e. The van der Waals surface area contributed by atoms with Crippen LogP contribution in [-0.4, -0.2) is 48.3 Å². The van der Waals surface area contributed by atoms with Gasteiger partial charge in [-0.15, -0.1) is 10.2 Å². The third-order valence-corrected chi connectivity index (χ3v) is 4.66. The van der Waals surface area contributed by atoms with Gasteiger partial charge in [0.2, 0.25) is 0 Å². The van der Waals surface area contributed by atoms with Crippen molar-refractivity contribution in [2.75, 3.05) is 0 Å². The molecule has 2 aliphatic rings. The Morgan fingerprint density at radius 2 is 2.10 bits per heavy atom. The van der Waals surface area contributed by atoms with Crippen molar-refractivity contribution in [3.63, 3.8) is 0 Å². The molecule has 1 aliphatic carbocycles. The maximum atomic E-state index is 11.5. The number of hydrogen-bond donors (Lipinski definition) is 1.